The molecule has 2 N–H and O–H groups in total. The molecule has 0 aliphatic heterocycles. The van der Waals surface area contributed by atoms with Gasteiger partial charge in [-0.15, -0.1) is 0 Å². The van der Waals surface area contributed by atoms with Crippen LogP contribution in [0.1, 0.15) is 11.1 Å². The number of hydrogen-bond acceptors (Lipinski definition) is 2. The lowest BCUT2D eigenvalue weighted by Crippen LogP contribution is -2.17. The van der Waals surface area contributed by atoms with Crippen LogP contribution in [-0.4, -0.2) is 23.3 Å². The Hall–Kier alpha value is -2.46. The maximum atomic E-state index is 11.5. The van der Waals surface area contributed by atoms with E-state index in [0.717, 1.165) is 29.0 Å². The van der Waals surface area contributed by atoms with Crippen LogP contribution in [-0.2, 0) is 13.0 Å². The predicted octanol–water partition coefficient (Wildman–Crippen LogP) is 3.54. The lowest BCUT2D eigenvalue weighted by atomic mass is 10.1. The molecular formula is C18H20N3O+. The van der Waals surface area contributed by atoms with Crippen LogP contribution < -0.4 is 5.32 Å². The van der Waals surface area contributed by atoms with Gasteiger partial charge in [-0.2, -0.15) is 0 Å². The fourth-order valence-corrected chi connectivity index (χ4v) is 2.75. The van der Waals surface area contributed by atoms with E-state index in [-0.39, 0.29) is 0 Å². The molecule has 3 aromatic rings. The molecule has 0 saturated carbocycles. The van der Waals surface area contributed by atoms with Gasteiger partial charge in [0.1, 0.15) is 0 Å². The maximum absolute atomic E-state index is 11.5. The summed E-state index contributed by atoms with van der Waals surface area (Å²) in [6, 6.07) is 16.0. The summed E-state index contributed by atoms with van der Waals surface area (Å²) in [5.41, 5.74) is 4.24. The molecule has 0 aliphatic rings. The molecule has 0 saturated heterocycles. The van der Waals surface area contributed by atoms with E-state index < -0.39 is 0 Å². The number of hydrogen-bond donors (Lipinski definition) is 2. The number of fused-ring (bicyclic) bond motifs is 1. The van der Waals surface area contributed by atoms with Crippen molar-refractivity contribution in [3.8, 4) is 0 Å². The Morgan fingerprint density at radius 3 is 2.68 bits per heavy atom. The topological polar surface area (TPSA) is 47.9 Å². The molecule has 1 heterocycles. The van der Waals surface area contributed by atoms with E-state index in [0.29, 0.717) is 6.54 Å². The predicted molar refractivity (Wildman–Crippen MR) is 89.4 cm³/mol. The normalized spacial score (nSPS) is 11.0. The van der Waals surface area contributed by atoms with E-state index in [1.165, 1.54) is 23.5 Å². The number of rotatable bonds is 6. The van der Waals surface area contributed by atoms with E-state index >= 15 is 0 Å². The van der Waals surface area contributed by atoms with E-state index in [2.05, 4.69) is 34.7 Å². The number of nitrogens with one attached hydrogen (secondary N) is 2. The summed E-state index contributed by atoms with van der Waals surface area (Å²) in [6.07, 6.45) is 3.03. The lowest BCUT2D eigenvalue weighted by Gasteiger charge is -2.05. The molecule has 112 valence electrons. The van der Waals surface area contributed by atoms with E-state index in [1.807, 2.05) is 30.3 Å². The van der Waals surface area contributed by atoms with Gasteiger partial charge in [0.2, 0.25) is 0 Å². The van der Waals surface area contributed by atoms with E-state index in [4.69, 9.17) is 0 Å². The first-order chi connectivity index (χ1) is 10.8. The standard InChI is InChI=1S/C18H20N3O/c1-21(22)18-9-5-2-6-15(18)12-19-11-10-14-13-20-17-8-4-3-7-16(14)17/h2-9,13,19-20H,10-12H2,1H3/q+1. The van der Waals surface area contributed by atoms with Crippen molar-refractivity contribution in [3.63, 3.8) is 0 Å². The Bertz CT molecular complexity index is 792. The zero-order valence-electron chi connectivity index (χ0n) is 12.7. The fraction of sp³-hybridized carbons (Fsp3) is 0.222. The van der Waals surface area contributed by atoms with Crippen molar-refractivity contribution in [3.05, 3.63) is 70.8 Å². The number of aromatic nitrogens is 1. The van der Waals surface area contributed by atoms with Crippen molar-refractivity contribution in [2.24, 2.45) is 0 Å². The first kappa shape index (κ1) is 14.5. The maximum Gasteiger partial charge on any atom is 0.260 e. The van der Waals surface area contributed by atoms with Crippen LogP contribution in [0.5, 0.6) is 0 Å². The summed E-state index contributed by atoms with van der Waals surface area (Å²) in [6.45, 7) is 1.57. The van der Waals surface area contributed by atoms with Crippen LogP contribution in [0.15, 0.2) is 54.7 Å². The van der Waals surface area contributed by atoms with Crippen LogP contribution >= 0.6 is 0 Å². The number of nitroso groups, excluding NO2 is 1. The first-order valence-electron chi connectivity index (χ1n) is 7.50. The fourth-order valence-electron chi connectivity index (χ4n) is 2.75. The van der Waals surface area contributed by atoms with Crippen molar-refractivity contribution in [1.82, 2.24) is 10.3 Å². The smallest absolute Gasteiger partial charge is 0.260 e. The second kappa shape index (κ2) is 6.54. The zero-order chi connectivity index (χ0) is 15.4. The number of aromatic amines is 1. The lowest BCUT2D eigenvalue weighted by molar-refractivity contribution is -0.429. The Morgan fingerprint density at radius 2 is 1.82 bits per heavy atom. The minimum atomic E-state index is 0.700. The monoisotopic (exact) mass is 294 g/mol. The second-order valence-corrected chi connectivity index (χ2v) is 5.41. The van der Waals surface area contributed by atoms with Gasteiger partial charge in [-0.3, -0.25) is 0 Å². The molecule has 3 rings (SSSR count). The largest absolute Gasteiger partial charge is 0.361 e. The summed E-state index contributed by atoms with van der Waals surface area (Å²) in [7, 11) is 1.53. The highest BCUT2D eigenvalue weighted by Crippen LogP contribution is 2.18. The molecule has 1 aromatic heterocycles. The van der Waals surface area contributed by atoms with Gasteiger partial charge in [0.05, 0.1) is 0 Å². The van der Waals surface area contributed by atoms with Crippen molar-refractivity contribution in [1.29, 1.82) is 0 Å². The quantitative estimate of drug-likeness (QED) is 0.539. The highest BCUT2D eigenvalue weighted by Gasteiger charge is 2.12. The summed E-state index contributed by atoms with van der Waals surface area (Å²) >= 11 is 0. The SMILES string of the molecule is C[N+](=O)c1ccccc1CNCCc1c[nH]c2ccccc12. The minimum absolute atomic E-state index is 0.700. The van der Waals surface area contributed by atoms with Gasteiger partial charge in [-0.25, -0.2) is 0 Å². The molecular weight excluding hydrogens is 274 g/mol. The Balaban J connectivity index is 1.59. The third-order valence-corrected chi connectivity index (χ3v) is 3.89. The van der Waals surface area contributed by atoms with Crippen LogP contribution in [0.25, 0.3) is 10.9 Å². The molecule has 0 unspecified atom stereocenters. The first-order valence-corrected chi connectivity index (χ1v) is 7.50. The number of benzene rings is 2. The van der Waals surface area contributed by atoms with Gasteiger partial charge >= 0.3 is 0 Å². The second-order valence-electron chi connectivity index (χ2n) is 5.41. The Kier molecular flexibility index (Phi) is 4.30. The average molecular weight is 294 g/mol. The number of nitrogens with zero attached hydrogens (tertiary/aromatic N) is 1. The minimum Gasteiger partial charge on any atom is -0.361 e. The summed E-state index contributed by atoms with van der Waals surface area (Å²) in [4.78, 5) is 14.8. The van der Waals surface area contributed by atoms with Gasteiger partial charge in [0.15, 0.2) is 7.05 Å². The molecule has 0 radical (unpaired) electrons. The summed E-state index contributed by atoms with van der Waals surface area (Å²) in [5.74, 6) is 0. The third-order valence-electron chi connectivity index (χ3n) is 3.89. The van der Waals surface area contributed by atoms with Crippen LogP contribution in [0, 0.1) is 4.91 Å². The van der Waals surface area contributed by atoms with Crippen LogP contribution in [0.2, 0.25) is 0 Å². The van der Waals surface area contributed by atoms with Crippen molar-refractivity contribution in [2.45, 2.75) is 13.0 Å². The van der Waals surface area contributed by atoms with Gasteiger partial charge in [0, 0.05) is 44.9 Å². The molecule has 4 heteroatoms. The molecule has 0 atom stereocenters. The van der Waals surface area contributed by atoms with Gasteiger partial charge in [0.25, 0.3) is 5.69 Å². The highest BCUT2D eigenvalue weighted by molar-refractivity contribution is 5.83. The van der Waals surface area contributed by atoms with Crippen LogP contribution in [0.3, 0.4) is 0 Å². The van der Waals surface area contributed by atoms with Gasteiger partial charge in [-0.05, 0) is 24.6 Å². The molecule has 0 bridgehead atoms. The number of para-hydroxylation sites is 2. The average Bonchev–Trinajstić information content (AvgIpc) is 2.95. The van der Waals surface area contributed by atoms with Crippen molar-refractivity contribution < 1.29 is 4.76 Å². The Labute approximate surface area is 129 Å². The van der Waals surface area contributed by atoms with Gasteiger partial charge < -0.3 is 10.3 Å². The Morgan fingerprint density at radius 1 is 1.05 bits per heavy atom. The molecule has 4 nitrogen and oxygen atoms in total. The number of H-pyrrole nitrogens is 1. The molecule has 2 aromatic carbocycles. The molecule has 0 aliphatic carbocycles. The molecule has 0 amide bonds. The summed E-state index contributed by atoms with van der Waals surface area (Å²) in [5, 5.41) is 4.70. The van der Waals surface area contributed by atoms with E-state index in [1.54, 1.807) is 0 Å². The van der Waals surface area contributed by atoms with E-state index in [9.17, 15) is 4.91 Å². The summed E-state index contributed by atoms with van der Waals surface area (Å²) < 4.78 is 0.913. The highest BCUT2D eigenvalue weighted by atomic mass is 16.3. The van der Waals surface area contributed by atoms with Crippen LogP contribution in [0.4, 0.5) is 5.69 Å². The molecule has 0 spiro atoms. The molecule has 22 heavy (non-hydrogen) atoms. The molecule has 0 fully saturated rings. The van der Waals surface area contributed by atoms with Gasteiger partial charge in [-0.1, -0.05) is 36.4 Å². The van der Waals surface area contributed by atoms with Crippen molar-refractivity contribution >= 4 is 16.6 Å². The van der Waals surface area contributed by atoms with Crippen molar-refractivity contribution in [2.75, 3.05) is 13.6 Å². The zero-order valence-corrected chi connectivity index (χ0v) is 12.7. The third kappa shape index (κ3) is 3.07.